The molecule has 0 spiro atoms. The number of aryl methyl sites for hydroxylation is 1. The predicted molar refractivity (Wildman–Crippen MR) is 107 cm³/mol. The van der Waals surface area contributed by atoms with Crippen LogP contribution in [0.4, 0.5) is 10.1 Å². The van der Waals surface area contributed by atoms with Gasteiger partial charge in [0.15, 0.2) is 11.5 Å². The minimum absolute atomic E-state index is 0.141. The van der Waals surface area contributed by atoms with E-state index >= 15 is 0 Å². The summed E-state index contributed by atoms with van der Waals surface area (Å²) in [6.07, 6.45) is 0. The molecule has 3 nitrogen and oxygen atoms in total. The Morgan fingerprint density at radius 2 is 1.81 bits per heavy atom. The lowest BCUT2D eigenvalue weighted by atomic mass is 10.1. The average molecular weight is 386 g/mol. The Morgan fingerprint density at radius 3 is 2.59 bits per heavy atom. The SMILES string of the molecule is COc1cc(CNc2cc(Cl)ccc2C)ccc1OCc1ccccc1F. The van der Waals surface area contributed by atoms with Crippen molar-refractivity contribution in [1.82, 2.24) is 0 Å². The largest absolute Gasteiger partial charge is 0.493 e. The summed E-state index contributed by atoms with van der Waals surface area (Å²) in [5.41, 5.74) is 3.64. The van der Waals surface area contributed by atoms with E-state index in [9.17, 15) is 4.39 Å². The van der Waals surface area contributed by atoms with E-state index in [2.05, 4.69) is 5.32 Å². The van der Waals surface area contributed by atoms with Crippen LogP contribution in [0.25, 0.3) is 0 Å². The third kappa shape index (κ3) is 4.92. The van der Waals surface area contributed by atoms with Crippen molar-refractivity contribution >= 4 is 17.3 Å². The Balaban J connectivity index is 1.68. The first kappa shape index (κ1) is 19.1. The first-order chi connectivity index (χ1) is 13.1. The molecule has 0 aromatic heterocycles. The van der Waals surface area contributed by atoms with Crippen LogP contribution in [0.15, 0.2) is 60.7 Å². The van der Waals surface area contributed by atoms with Gasteiger partial charge >= 0.3 is 0 Å². The minimum Gasteiger partial charge on any atom is -0.493 e. The lowest BCUT2D eigenvalue weighted by Crippen LogP contribution is -2.03. The third-order valence-corrected chi connectivity index (χ3v) is 4.49. The summed E-state index contributed by atoms with van der Waals surface area (Å²) in [5.74, 6) is 0.895. The summed E-state index contributed by atoms with van der Waals surface area (Å²) in [6, 6.07) is 18.0. The van der Waals surface area contributed by atoms with Crippen molar-refractivity contribution in [3.05, 3.63) is 88.2 Å². The Kier molecular flexibility index (Phi) is 6.20. The number of ether oxygens (including phenoxy) is 2. The highest BCUT2D eigenvalue weighted by molar-refractivity contribution is 6.30. The van der Waals surface area contributed by atoms with Gasteiger partial charge in [0, 0.05) is 22.8 Å². The van der Waals surface area contributed by atoms with Crippen LogP contribution in [0.5, 0.6) is 11.5 Å². The molecule has 0 aliphatic carbocycles. The fourth-order valence-electron chi connectivity index (χ4n) is 2.69. The van der Waals surface area contributed by atoms with Gasteiger partial charge in [-0.25, -0.2) is 4.39 Å². The van der Waals surface area contributed by atoms with Crippen molar-refractivity contribution in [3.63, 3.8) is 0 Å². The average Bonchev–Trinajstić information content (AvgIpc) is 2.68. The van der Waals surface area contributed by atoms with Gasteiger partial charge in [0.05, 0.1) is 7.11 Å². The molecular weight excluding hydrogens is 365 g/mol. The summed E-state index contributed by atoms with van der Waals surface area (Å²) in [4.78, 5) is 0. The molecule has 0 aliphatic rings. The van der Waals surface area contributed by atoms with Crippen molar-refractivity contribution in [2.45, 2.75) is 20.1 Å². The number of rotatable bonds is 7. The molecule has 0 aliphatic heterocycles. The highest BCUT2D eigenvalue weighted by Gasteiger charge is 2.08. The van der Waals surface area contributed by atoms with Crippen molar-refractivity contribution in [3.8, 4) is 11.5 Å². The normalized spacial score (nSPS) is 10.5. The quantitative estimate of drug-likeness (QED) is 0.542. The van der Waals surface area contributed by atoms with Gasteiger partial charge in [-0.3, -0.25) is 0 Å². The minimum atomic E-state index is -0.283. The first-order valence-corrected chi connectivity index (χ1v) is 8.98. The molecule has 140 valence electrons. The van der Waals surface area contributed by atoms with Crippen LogP contribution < -0.4 is 14.8 Å². The molecule has 0 atom stereocenters. The lowest BCUT2D eigenvalue weighted by molar-refractivity contribution is 0.279. The van der Waals surface area contributed by atoms with Crippen LogP contribution >= 0.6 is 11.6 Å². The molecule has 0 fully saturated rings. The standard InChI is InChI=1S/C22H21ClFNO2/c1-15-7-9-18(23)12-20(15)25-13-16-8-10-21(22(11-16)26-2)27-14-17-5-3-4-6-19(17)24/h3-12,25H,13-14H2,1-2H3. The monoisotopic (exact) mass is 385 g/mol. The molecule has 0 amide bonds. The third-order valence-electron chi connectivity index (χ3n) is 4.25. The second kappa shape index (κ2) is 8.78. The number of nitrogens with one attached hydrogen (secondary N) is 1. The Morgan fingerprint density at radius 1 is 1.00 bits per heavy atom. The van der Waals surface area contributed by atoms with Crippen molar-refractivity contribution < 1.29 is 13.9 Å². The summed E-state index contributed by atoms with van der Waals surface area (Å²) < 4.78 is 24.9. The zero-order valence-electron chi connectivity index (χ0n) is 15.3. The molecule has 5 heteroatoms. The Bertz CT molecular complexity index is 930. The smallest absolute Gasteiger partial charge is 0.161 e. The van der Waals surface area contributed by atoms with E-state index in [1.165, 1.54) is 6.07 Å². The zero-order chi connectivity index (χ0) is 19.2. The van der Waals surface area contributed by atoms with Crippen molar-refractivity contribution in [1.29, 1.82) is 0 Å². The highest BCUT2D eigenvalue weighted by Crippen LogP contribution is 2.30. The molecule has 0 unspecified atom stereocenters. The molecule has 3 aromatic carbocycles. The zero-order valence-corrected chi connectivity index (χ0v) is 16.0. The molecule has 27 heavy (non-hydrogen) atoms. The van der Waals surface area contributed by atoms with Gasteiger partial charge in [0.1, 0.15) is 12.4 Å². The van der Waals surface area contributed by atoms with E-state index in [1.807, 2.05) is 43.3 Å². The molecule has 0 radical (unpaired) electrons. The van der Waals surface area contributed by atoms with E-state index in [0.717, 1.165) is 16.8 Å². The van der Waals surface area contributed by atoms with Gasteiger partial charge in [0.2, 0.25) is 0 Å². The van der Waals surface area contributed by atoms with Crippen LogP contribution in [-0.2, 0) is 13.2 Å². The number of benzene rings is 3. The molecule has 3 rings (SSSR count). The van der Waals surface area contributed by atoms with Gasteiger partial charge in [0.25, 0.3) is 0 Å². The molecule has 0 bridgehead atoms. The molecule has 0 saturated heterocycles. The second-order valence-electron chi connectivity index (χ2n) is 6.18. The van der Waals surface area contributed by atoms with Gasteiger partial charge in [-0.05, 0) is 48.4 Å². The Hall–Kier alpha value is -2.72. The maximum absolute atomic E-state index is 13.7. The maximum Gasteiger partial charge on any atom is 0.161 e. The topological polar surface area (TPSA) is 30.5 Å². The molecule has 1 N–H and O–H groups in total. The molecule has 0 saturated carbocycles. The summed E-state index contributed by atoms with van der Waals surface area (Å²) >= 11 is 6.06. The van der Waals surface area contributed by atoms with Crippen LogP contribution in [0.2, 0.25) is 5.02 Å². The van der Waals surface area contributed by atoms with Gasteiger partial charge in [-0.15, -0.1) is 0 Å². The summed E-state index contributed by atoms with van der Waals surface area (Å²) in [5, 5.41) is 4.07. The number of hydrogen-bond donors (Lipinski definition) is 1. The molecule has 3 aromatic rings. The highest BCUT2D eigenvalue weighted by atomic mass is 35.5. The van der Waals surface area contributed by atoms with Crippen molar-refractivity contribution in [2.24, 2.45) is 0 Å². The number of hydrogen-bond acceptors (Lipinski definition) is 3. The van der Waals surface area contributed by atoms with Crippen molar-refractivity contribution in [2.75, 3.05) is 12.4 Å². The van der Waals surface area contributed by atoms with Gasteiger partial charge in [-0.2, -0.15) is 0 Å². The van der Waals surface area contributed by atoms with Crippen LogP contribution in [0.1, 0.15) is 16.7 Å². The maximum atomic E-state index is 13.7. The fourth-order valence-corrected chi connectivity index (χ4v) is 2.87. The second-order valence-corrected chi connectivity index (χ2v) is 6.61. The van der Waals surface area contributed by atoms with E-state index in [4.69, 9.17) is 21.1 Å². The summed E-state index contributed by atoms with van der Waals surface area (Å²) in [6.45, 7) is 2.78. The lowest BCUT2D eigenvalue weighted by Gasteiger charge is -2.14. The van der Waals surface area contributed by atoms with E-state index in [-0.39, 0.29) is 12.4 Å². The van der Waals surface area contributed by atoms with E-state index in [1.54, 1.807) is 25.3 Å². The van der Waals surface area contributed by atoms with E-state index < -0.39 is 0 Å². The summed E-state index contributed by atoms with van der Waals surface area (Å²) in [7, 11) is 1.59. The number of methoxy groups -OCH3 is 1. The fraction of sp³-hybridized carbons (Fsp3) is 0.182. The molecule has 0 heterocycles. The first-order valence-electron chi connectivity index (χ1n) is 8.60. The molecular formula is C22H21ClFNO2. The Labute approximate surface area is 163 Å². The van der Waals surface area contributed by atoms with Gasteiger partial charge in [-0.1, -0.05) is 41.9 Å². The van der Waals surface area contributed by atoms with Crippen LogP contribution in [-0.4, -0.2) is 7.11 Å². The number of anilines is 1. The van der Waals surface area contributed by atoms with E-state index in [0.29, 0.717) is 28.6 Å². The van der Waals surface area contributed by atoms with Crippen LogP contribution in [0.3, 0.4) is 0 Å². The van der Waals surface area contributed by atoms with Crippen LogP contribution in [0, 0.1) is 12.7 Å². The number of halogens is 2. The van der Waals surface area contributed by atoms with Gasteiger partial charge < -0.3 is 14.8 Å². The predicted octanol–water partition coefficient (Wildman–Crippen LogP) is 5.99.